The van der Waals surface area contributed by atoms with E-state index in [2.05, 4.69) is 0 Å². The van der Waals surface area contributed by atoms with Gasteiger partial charge in [-0.1, -0.05) is 13.8 Å². The smallest absolute Gasteiger partial charge is 0.298 e. The van der Waals surface area contributed by atoms with Gasteiger partial charge in [-0.15, -0.1) is 0 Å². The fraction of sp³-hybridized carbons (Fsp3) is 0.889. The molecule has 1 atom stereocenters. The van der Waals surface area contributed by atoms with Crippen molar-refractivity contribution in [2.24, 2.45) is 5.92 Å². The van der Waals surface area contributed by atoms with Gasteiger partial charge in [0.2, 0.25) is 0 Å². The van der Waals surface area contributed by atoms with Crippen LogP contribution < -0.4 is 0 Å². The third kappa shape index (κ3) is 5.96. The average molecular weight is 211 g/mol. The molecule has 5 heteroatoms. The number of hydrogen-bond donors (Lipinski definition) is 0. The van der Waals surface area contributed by atoms with Crippen LogP contribution in [0.1, 0.15) is 20.3 Å². The summed E-state index contributed by atoms with van der Waals surface area (Å²) in [6, 6.07) is 0. The topological polar surface area (TPSA) is 20.3 Å². The first kappa shape index (κ1) is 13.4. The summed E-state index contributed by atoms with van der Waals surface area (Å²) in [5, 5.41) is 0. The van der Waals surface area contributed by atoms with Crippen LogP contribution in [0.2, 0.25) is 0 Å². The highest BCUT2D eigenvalue weighted by Gasteiger charge is 2.30. The Morgan fingerprint density at radius 3 is 2.29 bits per heavy atom. The minimum Gasteiger partial charge on any atom is -0.298 e. The number of carbonyl (C=O) groups excluding carboxylic acids is 1. The van der Waals surface area contributed by atoms with Crippen LogP contribution in [-0.4, -0.2) is 37.0 Å². The van der Waals surface area contributed by atoms with Gasteiger partial charge in [0.25, 0.3) is 0 Å². The van der Waals surface area contributed by atoms with Gasteiger partial charge in [0.05, 0.1) is 13.1 Å². The molecule has 14 heavy (non-hydrogen) atoms. The summed E-state index contributed by atoms with van der Waals surface area (Å²) < 4.78 is 35.7. The summed E-state index contributed by atoms with van der Waals surface area (Å²) in [5.41, 5.74) is 0. The van der Waals surface area contributed by atoms with Crippen LogP contribution in [-0.2, 0) is 4.79 Å². The van der Waals surface area contributed by atoms with Crippen LogP contribution in [0.4, 0.5) is 13.2 Å². The van der Waals surface area contributed by atoms with E-state index in [0.717, 1.165) is 4.90 Å². The second kappa shape index (κ2) is 5.34. The molecule has 0 aromatic heterocycles. The molecule has 0 aliphatic rings. The predicted molar refractivity (Wildman–Crippen MR) is 48.0 cm³/mol. The first-order chi connectivity index (χ1) is 6.26. The lowest BCUT2D eigenvalue weighted by molar-refractivity contribution is -0.146. The number of ketones is 1. The van der Waals surface area contributed by atoms with Gasteiger partial charge >= 0.3 is 6.18 Å². The molecule has 0 spiro atoms. The van der Waals surface area contributed by atoms with Gasteiger partial charge in [0, 0.05) is 5.92 Å². The van der Waals surface area contributed by atoms with Crippen molar-refractivity contribution in [2.75, 3.05) is 20.1 Å². The third-order valence-electron chi connectivity index (χ3n) is 2.04. The fourth-order valence-electron chi connectivity index (χ4n) is 1.01. The van der Waals surface area contributed by atoms with E-state index in [0.29, 0.717) is 6.42 Å². The van der Waals surface area contributed by atoms with Crippen molar-refractivity contribution in [3.05, 3.63) is 0 Å². The average Bonchev–Trinajstić information content (AvgIpc) is 1.99. The molecule has 0 aromatic rings. The van der Waals surface area contributed by atoms with Crippen molar-refractivity contribution in [2.45, 2.75) is 26.4 Å². The van der Waals surface area contributed by atoms with Gasteiger partial charge in [0.1, 0.15) is 5.78 Å². The second-order valence-corrected chi connectivity index (χ2v) is 3.56. The maximum atomic E-state index is 11.9. The van der Waals surface area contributed by atoms with Crippen molar-refractivity contribution >= 4 is 5.78 Å². The SMILES string of the molecule is CCC(C)C(=O)CN(C)CC(F)(F)F. The van der Waals surface area contributed by atoms with Crippen LogP contribution >= 0.6 is 0 Å². The van der Waals surface area contributed by atoms with E-state index >= 15 is 0 Å². The number of halogens is 3. The molecule has 0 aliphatic carbocycles. The summed E-state index contributed by atoms with van der Waals surface area (Å²) in [4.78, 5) is 12.3. The van der Waals surface area contributed by atoms with Crippen molar-refractivity contribution in [1.29, 1.82) is 0 Å². The Morgan fingerprint density at radius 1 is 1.43 bits per heavy atom. The molecule has 84 valence electrons. The molecule has 0 radical (unpaired) electrons. The highest BCUT2D eigenvalue weighted by Crippen LogP contribution is 2.15. The molecule has 0 aromatic carbocycles. The largest absolute Gasteiger partial charge is 0.401 e. The van der Waals surface area contributed by atoms with Crippen LogP contribution in [0, 0.1) is 5.92 Å². The zero-order valence-electron chi connectivity index (χ0n) is 8.69. The molecule has 0 saturated heterocycles. The van der Waals surface area contributed by atoms with Crippen molar-refractivity contribution in [3.63, 3.8) is 0 Å². The lowest BCUT2D eigenvalue weighted by atomic mass is 10.0. The standard InChI is InChI=1S/C9H16F3NO/c1-4-7(2)8(14)5-13(3)6-9(10,11)12/h7H,4-6H2,1-3H3. The summed E-state index contributed by atoms with van der Waals surface area (Å²) in [6.07, 6.45) is -3.57. The first-order valence-electron chi connectivity index (χ1n) is 4.54. The van der Waals surface area contributed by atoms with E-state index in [-0.39, 0.29) is 18.2 Å². The quantitative estimate of drug-likeness (QED) is 0.694. The van der Waals surface area contributed by atoms with E-state index in [4.69, 9.17) is 0 Å². The Labute approximate surface area is 82.1 Å². The van der Waals surface area contributed by atoms with Gasteiger partial charge in [-0.25, -0.2) is 0 Å². The van der Waals surface area contributed by atoms with Crippen LogP contribution in [0.25, 0.3) is 0 Å². The lowest BCUT2D eigenvalue weighted by Gasteiger charge is -2.19. The Hall–Kier alpha value is -0.580. The highest BCUT2D eigenvalue weighted by atomic mass is 19.4. The van der Waals surface area contributed by atoms with Gasteiger partial charge in [0.15, 0.2) is 0 Å². The van der Waals surface area contributed by atoms with Crippen molar-refractivity contribution in [1.82, 2.24) is 4.90 Å². The number of Topliss-reactive ketones (excluding diaryl/α,β-unsaturated/α-hetero) is 1. The zero-order valence-corrected chi connectivity index (χ0v) is 8.69. The van der Waals surface area contributed by atoms with E-state index in [1.54, 1.807) is 6.92 Å². The van der Waals surface area contributed by atoms with Gasteiger partial charge in [-0.3, -0.25) is 9.69 Å². The number of rotatable bonds is 5. The molecule has 0 amide bonds. The number of nitrogens with zero attached hydrogens (tertiary/aromatic N) is 1. The number of hydrogen-bond acceptors (Lipinski definition) is 2. The summed E-state index contributed by atoms with van der Waals surface area (Å²) in [7, 11) is 1.30. The Balaban J connectivity index is 3.95. The molecule has 1 unspecified atom stereocenters. The first-order valence-corrected chi connectivity index (χ1v) is 4.54. The minimum absolute atomic E-state index is 0.130. The van der Waals surface area contributed by atoms with Gasteiger partial charge in [-0.2, -0.15) is 13.2 Å². The van der Waals surface area contributed by atoms with Crippen molar-refractivity contribution in [3.8, 4) is 0 Å². The molecular formula is C9H16F3NO. The molecule has 0 fully saturated rings. The van der Waals surface area contributed by atoms with E-state index < -0.39 is 12.7 Å². The van der Waals surface area contributed by atoms with Crippen LogP contribution in [0.15, 0.2) is 0 Å². The molecule has 0 N–H and O–H groups in total. The van der Waals surface area contributed by atoms with Crippen LogP contribution in [0.3, 0.4) is 0 Å². The third-order valence-corrected chi connectivity index (χ3v) is 2.04. The Morgan fingerprint density at radius 2 is 1.93 bits per heavy atom. The minimum atomic E-state index is -4.23. The maximum absolute atomic E-state index is 11.9. The molecule has 0 rings (SSSR count). The molecule has 2 nitrogen and oxygen atoms in total. The lowest BCUT2D eigenvalue weighted by Crippen LogP contribution is -2.36. The predicted octanol–water partition coefficient (Wildman–Crippen LogP) is 2.10. The molecule has 0 heterocycles. The normalized spacial score (nSPS) is 14.5. The Kier molecular flexibility index (Phi) is 5.12. The van der Waals surface area contributed by atoms with Crippen LogP contribution in [0.5, 0.6) is 0 Å². The number of carbonyl (C=O) groups is 1. The molecule has 0 bridgehead atoms. The van der Waals surface area contributed by atoms with E-state index in [1.165, 1.54) is 7.05 Å². The molecule has 0 aliphatic heterocycles. The van der Waals surface area contributed by atoms with E-state index in [9.17, 15) is 18.0 Å². The monoisotopic (exact) mass is 211 g/mol. The fourth-order valence-corrected chi connectivity index (χ4v) is 1.01. The van der Waals surface area contributed by atoms with Gasteiger partial charge in [-0.05, 0) is 13.5 Å². The summed E-state index contributed by atoms with van der Waals surface area (Å²) in [6.45, 7) is 2.40. The number of likely N-dealkylation sites (N-methyl/N-ethyl adjacent to an activating group) is 1. The molecule has 0 saturated carbocycles. The van der Waals surface area contributed by atoms with Crippen molar-refractivity contribution < 1.29 is 18.0 Å². The zero-order chi connectivity index (χ0) is 11.4. The Bertz CT molecular complexity index is 191. The maximum Gasteiger partial charge on any atom is 0.401 e. The summed E-state index contributed by atoms with van der Waals surface area (Å²) >= 11 is 0. The second-order valence-electron chi connectivity index (χ2n) is 3.56. The molecular weight excluding hydrogens is 195 g/mol. The van der Waals surface area contributed by atoms with E-state index in [1.807, 2.05) is 6.92 Å². The van der Waals surface area contributed by atoms with Gasteiger partial charge < -0.3 is 0 Å². The summed E-state index contributed by atoms with van der Waals surface area (Å²) in [5.74, 6) is -0.301. The number of alkyl halides is 3. The highest BCUT2D eigenvalue weighted by molar-refractivity contribution is 5.82.